The summed E-state index contributed by atoms with van der Waals surface area (Å²) in [5, 5.41) is 3.23. The summed E-state index contributed by atoms with van der Waals surface area (Å²) in [6.45, 7) is 1.90. The van der Waals surface area contributed by atoms with E-state index in [1.165, 1.54) is 11.3 Å². The van der Waals surface area contributed by atoms with Gasteiger partial charge in [-0.05, 0) is 36.8 Å². The Bertz CT molecular complexity index is 1400. The molecular formula is C27H22N4O2S. The van der Waals surface area contributed by atoms with E-state index >= 15 is 0 Å². The van der Waals surface area contributed by atoms with Crippen molar-refractivity contribution in [2.75, 3.05) is 10.7 Å². The van der Waals surface area contributed by atoms with Gasteiger partial charge in [-0.15, -0.1) is 11.3 Å². The molecule has 0 saturated carbocycles. The fourth-order valence-electron chi connectivity index (χ4n) is 3.95. The van der Waals surface area contributed by atoms with Crippen LogP contribution in [0.4, 0.5) is 11.4 Å². The average molecular weight is 467 g/mol. The molecule has 7 heteroatoms. The number of hydrogen-bond donors (Lipinski definition) is 3. The van der Waals surface area contributed by atoms with Gasteiger partial charge < -0.3 is 10.7 Å². The molecule has 0 fully saturated rings. The molecule has 0 saturated heterocycles. The lowest BCUT2D eigenvalue weighted by Gasteiger charge is -2.25. The summed E-state index contributed by atoms with van der Waals surface area (Å²) in [5.41, 5.74) is 8.92. The van der Waals surface area contributed by atoms with Crippen molar-refractivity contribution in [2.24, 2.45) is 0 Å². The van der Waals surface area contributed by atoms with E-state index in [1.54, 1.807) is 30.5 Å². The van der Waals surface area contributed by atoms with Gasteiger partial charge in [-0.1, -0.05) is 66.7 Å². The number of para-hydroxylation sites is 1. The Morgan fingerprint density at radius 1 is 1.00 bits per heavy atom. The largest absolute Gasteiger partial charge is 0.320 e. The van der Waals surface area contributed by atoms with Gasteiger partial charge in [0.2, 0.25) is 0 Å². The third kappa shape index (κ3) is 4.14. The van der Waals surface area contributed by atoms with Crippen LogP contribution in [0.3, 0.4) is 0 Å². The highest BCUT2D eigenvalue weighted by Crippen LogP contribution is 2.38. The van der Waals surface area contributed by atoms with E-state index in [2.05, 4.69) is 21.2 Å². The lowest BCUT2D eigenvalue weighted by atomic mass is 9.82. The quantitative estimate of drug-likeness (QED) is 0.330. The lowest BCUT2D eigenvalue weighted by molar-refractivity contribution is 0.0903. The van der Waals surface area contributed by atoms with Gasteiger partial charge in [0.1, 0.15) is 5.54 Å². The third-order valence-corrected chi connectivity index (χ3v) is 6.54. The first kappa shape index (κ1) is 21.8. The molecule has 1 amide bonds. The molecule has 2 heterocycles. The third-order valence-electron chi connectivity index (χ3n) is 5.63. The van der Waals surface area contributed by atoms with Crippen molar-refractivity contribution in [3.8, 4) is 0 Å². The number of benzene rings is 3. The summed E-state index contributed by atoms with van der Waals surface area (Å²) in [6, 6.07) is 24.5. The Morgan fingerprint density at radius 3 is 2.59 bits per heavy atom. The second kappa shape index (κ2) is 9.05. The van der Waals surface area contributed by atoms with E-state index in [0.717, 1.165) is 21.7 Å². The van der Waals surface area contributed by atoms with Crippen LogP contribution in [0.15, 0.2) is 91.1 Å². The maximum absolute atomic E-state index is 14.0. The molecule has 1 aliphatic rings. The Labute approximate surface area is 201 Å². The summed E-state index contributed by atoms with van der Waals surface area (Å²) in [4.78, 5) is 31.6. The lowest BCUT2D eigenvalue weighted by Crippen LogP contribution is -2.45. The molecule has 0 aliphatic carbocycles. The van der Waals surface area contributed by atoms with Gasteiger partial charge in [0, 0.05) is 27.9 Å². The molecule has 1 atom stereocenters. The number of hydrogen-bond acceptors (Lipinski definition) is 6. The minimum absolute atomic E-state index is 0.140. The summed E-state index contributed by atoms with van der Waals surface area (Å²) in [6.07, 6.45) is 5.48. The van der Waals surface area contributed by atoms with Gasteiger partial charge in [0.25, 0.3) is 5.91 Å². The number of rotatable bonds is 6. The van der Waals surface area contributed by atoms with Gasteiger partial charge >= 0.3 is 0 Å². The van der Waals surface area contributed by atoms with Crippen molar-refractivity contribution in [1.82, 2.24) is 10.4 Å². The highest BCUT2D eigenvalue weighted by atomic mass is 32.1. The van der Waals surface area contributed by atoms with Crippen LogP contribution in [0.2, 0.25) is 0 Å². The number of hydrazine groups is 1. The molecule has 0 radical (unpaired) electrons. The normalized spacial score (nSPS) is 16.7. The Kier molecular flexibility index (Phi) is 5.79. The number of thiazole rings is 1. The number of anilines is 2. The molecule has 34 heavy (non-hydrogen) atoms. The summed E-state index contributed by atoms with van der Waals surface area (Å²) < 4.78 is 0. The zero-order chi connectivity index (χ0) is 23.5. The number of fused-ring (bicyclic) bond motifs is 1. The van der Waals surface area contributed by atoms with Crippen LogP contribution in [0.5, 0.6) is 0 Å². The van der Waals surface area contributed by atoms with Gasteiger partial charge in [-0.2, -0.15) is 0 Å². The Morgan fingerprint density at radius 2 is 1.79 bits per heavy atom. The smallest absolute Gasteiger partial charge is 0.284 e. The zero-order valence-corrected chi connectivity index (χ0v) is 19.2. The molecule has 0 spiro atoms. The minimum Gasteiger partial charge on any atom is -0.320 e. The van der Waals surface area contributed by atoms with Gasteiger partial charge in [-0.25, -0.2) is 10.4 Å². The molecule has 168 valence electrons. The average Bonchev–Trinajstić information content (AvgIpc) is 3.48. The summed E-state index contributed by atoms with van der Waals surface area (Å²) >= 11 is 1.32. The van der Waals surface area contributed by atoms with Crippen LogP contribution in [-0.2, 0) is 5.54 Å². The fraction of sp³-hybridized carbons (Fsp3) is 0.0741. The predicted octanol–water partition coefficient (Wildman–Crippen LogP) is 5.43. The Balaban J connectivity index is 1.50. The van der Waals surface area contributed by atoms with Gasteiger partial charge in [-0.3, -0.25) is 9.59 Å². The number of nitrogens with zero attached hydrogens (tertiary/aromatic N) is 1. The standard InChI is InChI=1S/C27H22N4O2S/c1-18-17-28-26(34-18)25(33)29-21-11-7-10-20(16-21)24(32)27(15-14-19-8-3-2-4-9-19)22-12-5-6-13-23(22)30-31-27/h2-17,30-31H,1H3,(H,29,33). The van der Waals surface area contributed by atoms with Crippen LogP contribution < -0.4 is 16.2 Å². The van der Waals surface area contributed by atoms with Crippen LogP contribution in [0.25, 0.3) is 6.08 Å². The first-order chi connectivity index (χ1) is 16.5. The minimum atomic E-state index is -1.11. The highest BCUT2D eigenvalue weighted by molar-refractivity contribution is 7.13. The molecule has 6 nitrogen and oxygen atoms in total. The van der Waals surface area contributed by atoms with Crippen molar-refractivity contribution in [3.63, 3.8) is 0 Å². The van der Waals surface area contributed by atoms with E-state index < -0.39 is 5.54 Å². The number of ketones is 1. The first-order valence-corrected chi connectivity index (χ1v) is 11.6. The van der Waals surface area contributed by atoms with Crippen LogP contribution in [0, 0.1) is 6.92 Å². The molecular weight excluding hydrogens is 444 g/mol. The maximum atomic E-state index is 14.0. The van der Waals surface area contributed by atoms with Crippen LogP contribution >= 0.6 is 11.3 Å². The summed E-state index contributed by atoms with van der Waals surface area (Å²) in [7, 11) is 0. The maximum Gasteiger partial charge on any atom is 0.284 e. The van der Waals surface area contributed by atoms with Crippen molar-refractivity contribution in [2.45, 2.75) is 12.5 Å². The predicted molar refractivity (Wildman–Crippen MR) is 136 cm³/mol. The summed E-state index contributed by atoms with van der Waals surface area (Å²) in [5.74, 6) is -0.439. The number of aryl methyl sites for hydroxylation is 1. The van der Waals surface area contributed by atoms with E-state index in [4.69, 9.17) is 0 Å². The molecule has 3 N–H and O–H groups in total. The number of aromatic nitrogens is 1. The van der Waals surface area contributed by atoms with E-state index in [0.29, 0.717) is 16.3 Å². The second-order valence-corrected chi connectivity index (χ2v) is 9.22. The molecule has 4 aromatic rings. The molecule has 1 aromatic heterocycles. The van der Waals surface area contributed by atoms with Crippen molar-refractivity contribution in [3.05, 3.63) is 118 Å². The van der Waals surface area contributed by atoms with Gasteiger partial charge in [0.05, 0.1) is 5.69 Å². The molecule has 3 aromatic carbocycles. The molecule has 1 unspecified atom stereocenters. The second-order valence-electron chi connectivity index (χ2n) is 7.99. The topological polar surface area (TPSA) is 83.1 Å². The number of nitrogens with one attached hydrogen (secondary N) is 3. The van der Waals surface area contributed by atoms with Crippen LogP contribution in [0.1, 0.15) is 36.2 Å². The van der Waals surface area contributed by atoms with E-state index in [-0.39, 0.29) is 11.7 Å². The number of carbonyl (C=O) groups is 2. The monoisotopic (exact) mass is 466 g/mol. The highest BCUT2D eigenvalue weighted by Gasteiger charge is 2.43. The van der Waals surface area contributed by atoms with Crippen molar-refractivity contribution in [1.29, 1.82) is 0 Å². The van der Waals surface area contributed by atoms with Gasteiger partial charge in [0.15, 0.2) is 10.8 Å². The van der Waals surface area contributed by atoms with Crippen molar-refractivity contribution >= 4 is 40.5 Å². The molecule has 5 rings (SSSR count). The van der Waals surface area contributed by atoms with Crippen molar-refractivity contribution < 1.29 is 9.59 Å². The number of Topliss-reactive ketones (excluding diaryl/α,β-unsaturated/α-hetero) is 1. The number of carbonyl (C=O) groups excluding carboxylic acids is 2. The molecule has 0 bridgehead atoms. The zero-order valence-electron chi connectivity index (χ0n) is 18.4. The van der Waals surface area contributed by atoms with Crippen LogP contribution in [-0.4, -0.2) is 16.7 Å². The Hall–Kier alpha value is -4.07. The van der Waals surface area contributed by atoms with E-state index in [1.807, 2.05) is 73.7 Å². The number of amides is 1. The van der Waals surface area contributed by atoms with E-state index in [9.17, 15) is 9.59 Å². The SMILES string of the molecule is Cc1cnc(C(=O)Nc2cccc(C(=O)C3(C=Cc4ccccc4)NNc4ccccc43)c2)s1. The molecule has 1 aliphatic heterocycles. The fourth-order valence-corrected chi connectivity index (χ4v) is 4.61. The first-order valence-electron chi connectivity index (χ1n) is 10.8.